The molecule has 1 aromatic heterocycles. The number of hydrogen-bond donors (Lipinski definition) is 2. The maximum absolute atomic E-state index is 12.1. The van der Waals surface area contributed by atoms with Crippen LogP contribution in [0.5, 0.6) is 0 Å². The van der Waals surface area contributed by atoms with Crippen LogP contribution in [-0.4, -0.2) is 33.4 Å². The van der Waals surface area contributed by atoms with Crippen molar-refractivity contribution in [3.05, 3.63) is 35.2 Å². The van der Waals surface area contributed by atoms with Crippen molar-refractivity contribution in [1.29, 1.82) is 0 Å². The minimum Gasteiger partial charge on any atom is -0.421 e. The smallest absolute Gasteiger partial charge is 0.247 e. The van der Waals surface area contributed by atoms with E-state index in [4.69, 9.17) is 16.0 Å². The van der Waals surface area contributed by atoms with Gasteiger partial charge in [-0.1, -0.05) is 24.4 Å². The maximum atomic E-state index is 12.1. The minimum absolute atomic E-state index is 0.0139. The molecular weight excluding hydrogens is 330 g/mol. The fourth-order valence-corrected chi connectivity index (χ4v) is 3.14. The molecule has 1 fully saturated rings. The standard InChI is InChI=1S/C17H20ClN3O3/c18-13-5-3-12(4-6-13)16-21-20-15(24-16)8-7-14(23)19-17(11-22)9-1-2-10-17/h3-6,22H,1-2,7-11H2,(H,19,23). The van der Waals surface area contributed by atoms with Gasteiger partial charge >= 0.3 is 0 Å². The van der Waals surface area contributed by atoms with E-state index >= 15 is 0 Å². The van der Waals surface area contributed by atoms with Crippen molar-refractivity contribution in [2.45, 2.75) is 44.1 Å². The molecule has 0 atom stereocenters. The highest BCUT2D eigenvalue weighted by Crippen LogP contribution is 2.29. The van der Waals surface area contributed by atoms with Crippen LogP contribution in [0.15, 0.2) is 28.7 Å². The molecule has 1 aromatic carbocycles. The van der Waals surface area contributed by atoms with Gasteiger partial charge in [0.1, 0.15) is 0 Å². The molecule has 6 nitrogen and oxygen atoms in total. The Bertz CT molecular complexity index is 693. The zero-order valence-electron chi connectivity index (χ0n) is 13.3. The van der Waals surface area contributed by atoms with Crippen molar-refractivity contribution in [2.75, 3.05) is 6.61 Å². The average Bonchev–Trinajstić information content (AvgIpc) is 3.24. The SMILES string of the molecule is O=C(CCc1nnc(-c2ccc(Cl)cc2)o1)NC1(CO)CCCC1. The zero-order chi connectivity index (χ0) is 17.0. The van der Waals surface area contributed by atoms with Gasteiger partial charge in [-0.25, -0.2) is 0 Å². The summed E-state index contributed by atoms with van der Waals surface area (Å²) in [5.41, 5.74) is 0.341. The van der Waals surface area contributed by atoms with Crippen molar-refractivity contribution >= 4 is 17.5 Å². The zero-order valence-corrected chi connectivity index (χ0v) is 14.1. The molecule has 0 bridgehead atoms. The Labute approximate surface area is 145 Å². The largest absolute Gasteiger partial charge is 0.421 e. The second kappa shape index (κ2) is 7.32. The van der Waals surface area contributed by atoms with E-state index in [-0.39, 0.29) is 18.9 Å². The molecule has 2 N–H and O–H groups in total. The number of rotatable bonds is 6. The van der Waals surface area contributed by atoms with Crippen molar-refractivity contribution in [1.82, 2.24) is 15.5 Å². The second-order valence-corrected chi connectivity index (χ2v) is 6.64. The Balaban J connectivity index is 1.55. The molecule has 0 radical (unpaired) electrons. The number of aliphatic hydroxyl groups is 1. The van der Waals surface area contributed by atoms with Crippen LogP contribution in [0.25, 0.3) is 11.5 Å². The number of amides is 1. The van der Waals surface area contributed by atoms with Crippen LogP contribution < -0.4 is 5.32 Å². The molecule has 1 heterocycles. The summed E-state index contributed by atoms with van der Waals surface area (Å²) in [5.74, 6) is 0.724. The minimum atomic E-state index is -0.444. The van der Waals surface area contributed by atoms with Crippen molar-refractivity contribution in [3.8, 4) is 11.5 Å². The lowest BCUT2D eigenvalue weighted by atomic mass is 9.98. The van der Waals surface area contributed by atoms with E-state index < -0.39 is 5.54 Å². The van der Waals surface area contributed by atoms with Gasteiger partial charge in [0.15, 0.2) is 0 Å². The van der Waals surface area contributed by atoms with Crippen LogP contribution in [0.3, 0.4) is 0 Å². The number of halogens is 1. The molecule has 1 saturated carbocycles. The Morgan fingerprint density at radius 1 is 1.25 bits per heavy atom. The predicted octanol–water partition coefficient (Wildman–Crippen LogP) is 2.74. The van der Waals surface area contributed by atoms with E-state index in [0.29, 0.717) is 23.2 Å². The number of aromatic nitrogens is 2. The monoisotopic (exact) mass is 349 g/mol. The highest BCUT2D eigenvalue weighted by atomic mass is 35.5. The molecule has 1 aliphatic rings. The number of carbonyl (C=O) groups excluding carboxylic acids is 1. The van der Waals surface area contributed by atoms with Crippen LogP contribution >= 0.6 is 11.6 Å². The number of benzene rings is 1. The third-order valence-electron chi connectivity index (χ3n) is 4.39. The molecule has 7 heteroatoms. The first-order valence-electron chi connectivity index (χ1n) is 8.10. The summed E-state index contributed by atoms with van der Waals surface area (Å²) < 4.78 is 5.59. The van der Waals surface area contributed by atoms with Gasteiger partial charge in [-0.2, -0.15) is 0 Å². The number of aliphatic hydroxyl groups excluding tert-OH is 1. The van der Waals surface area contributed by atoms with E-state index in [0.717, 1.165) is 31.2 Å². The first-order chi connectivity index (χ1) is 11.6. The fraction of sp³-hybridized carbons (Fsp3) is 0.471. The number of carbonyl (C=O) groups is 1. The summed E-state index contributed by atoms with van der Waals surface area (Å²) >= 11 is 5.85. The molecule has 0 unspecified atom stereocenters. The summed E-state index contributed by atoms with van der Waals surface area (Å²) in [7, 11) is 0. The summed E-state index contributed by atoms with van der Waals surface area (Å²) in [6.45, 7) is -0.0139. The van der Waals surface area contributed by atoms with Gasteiger partial charge in [0.2, 0.25) is 17.7 Å². The number of nitrogens with one attached hydrogen (secondary N) is 1. The third-order valence-corrected chi connectivity index (χ3v) is 4.64. The van der Waals surface area contributed by atoms with Crippen LogP contribution in [0.2, 0.25) is 5.02 Å². The normalized spacial score (nSPS) is 16.2. The van der Waals surface area contributed by atoms with Crippen molar-refractivity contribution in [3.63, 3.8) is 0 Å². The molecule has 3 rings (SSSR count). The van der Waals surface area contributed by atoms with Crippen molar-refractivity contribution < 1.29 is 14.3 Å². The van der Waals surface area contributed by atoms with Crippen molar-refractivity contribution in [2.24, 2.45) is 0 Å². The number of nitrogens with zero attached hydrogens (tertiary/aromatic N) is 2. The van der Waals surface area contributed by atoms with Gasteiger partial charge in [0.25, 0.3) is 0 Å². The summed E-state index contributed by atoms with van der Waals surface area (Å²) in [5, 5.41) is 21.1. The quantitative estimate of drug-likeness (QED) is 0.837. The van der Waals surface area contributed by atoms with E-state index in [1.54, 1.807) is 24.3 Å². The lowest BCUT2D eigenvalue weighted by Crippen LogP contribution is -2.49. The first-order valence-corrected chi connectivity index (χ1v) is 8.48. The molecule has 0 aliphatic heterocycles. The third kappa shape index (κ3) is 3.94. The van der Waals surface area contributed by atoms with Gasteiger partial charge in [0.05, 0.1) is 12.1 Å². The van der Waals surface area contributed by atoms with Crippen LogP contribution in [0, 0.1) is 0 Å². The number of aryl methyl sites for hydroxylation is 1. The van der Waals surface area contributed by atoms with Crippen LogP contribution in [0.1, 0.15) is 38.0 Å². The molecule has 2 aromatic rings. The summed E-state index contributed by atoms with van der Waals surface area (Å²) in [6, 6.07) is 7.11. The first kappa shape index (κ1) is 16.9. The Morgan fingerprint density at radius 2 is 1.96 bits per heavy atom. The van der Waals surface area contributed by atoms with E-state index in [1.165, 1.54) is 0 Å². The average molecular weight is 350 g/mol. The highest BCUT2D eigenvalue weighted by molar-refractivity contribution is 6.30. The molecule has 0 saturated heterocycles. The Kier molecular flexibility index (Phi) is 5.16. The maximum Gasteiger partial charge on any atom is 0.247 e. The molecule has 0 spiro atoms. The molecule has 24 heavy (non-hydrogen) atoms. The van der Waals surface area contributed by atoms with Crippen LogP contribution in [-0.2, 0) is 11.2 Å². The second-order valence-electron chi connectivity index (χ2n) is 6.20. The lowest BCUT2D eigenvalue weighted by Gasteiger charge is -2.27. The topological polar surface area (TPSA) is 88.2 Å². The summed E-state index contributed by atoms with van der Waals surface area (Å²) in [6.07, 6.45) is 4.36. The predicted molar refractivity (Wildman–Crippen MR) is 89.5 cm³/mol. The molecule has 1 amide bonds. The Morgan fingerprint density at radius 3 is 2.62 bits per heavy atom. The van der Waals surface area contributed by atoms with Gasteiger partial charge in [0, 0.05) is 23.4 Å². The number of hydrogen-bond acceptors (Lipinski definition) is 5. The summed E-state index contributed by atoms with van der Waals surface area (Å²) in [4.78, 5) is 12.1. The molecular formula is C17H20ClN3O3. The van der Waals surface area contributed by atoms with E-state index in [1.807, 2.05) is 0 Å². The van der Waals surface area contributed by atoms with Gasteiger partial charge < -0.3 is 14.8 Å². The molecule has 128 valence electrons. The molecule has 1 aliphatic carbocycles. The van der Waals surface area contributed by atoms with E-state index in [9.17, 15) is 9.90 Å². The van der Waals surface area contributed by atoms with Gasteiger partial charge in [-0.15, -0.1) is 10.2 Å². The fourth-order valence-electron chi connectivity index (χ4n) is 3.02. The van der Waals surface area contributed by atoms with Gasteiger partial charge in [-0.3, -0.25) is 4.79 Å². The lowest BCUT2D eigenvalue weighted by molar-refractivity contribution is -0.123. The van der Waals surface area contributed by atoms with E-state index in [2.05, 4.69) is 15.5 Å². The Hall–Kier alpha value is -1.92. The van der Waals surface area contributed by atoms with Gasteiger partial charge in [-0.05, 0) is 37.1 Å². The highest BCUT2D eigenvalue weighted by Gasteiger charge is 2.34. The van der Waals surface area contributed by atoms with Crippen LogP contribution in [0.4, 0.5) is 0 Å².